The van der Waals surface area contributed by atoms with E-state index < -0.39 is 0 Å². The van der Waals surface area contributed by atoms with E-state index in [1.807, 2.05) is 36.4 Å². The highest BCUT2D eigenvalue weighted by Gasteiger charge is 2.15. The first-order valence-corrected chi connectivity index (χ1v) is 7.32. The summed E-state index contributed by atoms with van der Waals surface area (Å²) in [5.74, 6) is 6.22. The Balaban J connectivity index is 2.09. The number of hydrogen-bond acceptors (Lipinski definition) is 4. The maximum atomic E-state index is 5.60. The van der Waals surface area contributed by atoms with E-state index in [1.165, 1.54) is 6.33 Å². The summed E-state index contributed by atoms with van der Waals surface area (Å²) in [4.78, 5) is 8.68. The molecule has 2 aromatic carbocycles. The highest BCUT2D eigenvalue weighted by Crippen LogP contribution is 2.32. The van der Waals surface area contributed by atoms with Crippen LogP contribution in [0.4, 0.5) is 5.82 Å². The van der Waals surface area contributed by atoms with Crippen molar-refractivity contribution in [2.24, 2.45) is 5.84 Å². The molecule has 5 nitrogen and oxygen atoms in total. The maximum absolute atomic E-state index is 5.60. The lowest BCUT2D eigenvalue weighted by molar-refractivity contribution is 1.08. The molecular weight excluding hydrogens is 286 g/mol. The largest absolute Gasteiger partial charge is 0.308 e. The Morgan fingerprint density at radius 2 is 1.57 bits per heavy atom. The van der Waals surface area contributed by atoms with E-state index >= 15 is 0 Å². The zero-order valence-corrected chi connectivity index (χ0v) is 12.3. The molecule has 0 radical (unpaired) electrons. The number of hydrogen-bond donors (Lipinski definition) is 2. The van der Waals surface area contributed by atoms with Crippen LogP contribution >= 0.6 is 0 Å². The third-order valence-electron chi connectivity index (χ3n) is 3.82. The summed E-state index contributed by atoms with van der Waals surface area (Å²) in [6, 6.07) is 22.4. The van der Waals surface area contributed by atoms with Gasteiger partial charge in [0.1, 0.15) is 6.33 Å². The molecule has 2 aromatic heterocycles. The van der Waals surface area contributed by atoms with Crippen LogP contribution in [0.3, 0.4) is 0 Å². The Hall–Kier alpha value is -3.18. The second-order valence-electron chi connectivity index (χ2n) is 5.17. The highest BCUT2D eigenvalue weighted by molar-refractivity contribution is 5.93. The first-order valence-electron chi connectivity index (χ1n) is 7.32. The summed E-state index contributed by atoms with van der Waals surface area (Å²) in [6.45, 7) is 0. The number of nitrogens with zero attached hydrogens (tertiary/aromatic N) is 3. The Kier molecular flexibility index (Phi) is 3.25. The fraction of sp³-hybridized carbons (Fsp3) is 0. The van der Waals surface area contributed by atoms with Crippen molar-refractivity contribution in [3.05, 3.63) is 73.1 Å². The van der Waals surface area contributed by atoms with Crippen LogP contribution in [0.5, 0.6) is 0 Å². The molecule has 4 rings (SSSR count). The van der Waals surface area contributed by atoms with Gasteiger partial charge in [0.2, 0.25) is 0 Å². The summed E-state index contributed by atoms with van der Waals surface area (Å²) < 4.78 is 2.12. The predicted octanol–water partition coefficient (Wildman–Crippen LogP) is 3.37. The molecule has 5 heteroatoms. The molecular formula is C18H15N5. The van der Waals surface area contributed by atoms with Crippen LogP contribution in [0.15, 0.2) is 73.1 Å². The number of benzene rings is 2. The standard InChI is InChI=1S/C18H15N5/c19-22-17-15-11-16(13-7-3-1-4-8-13)23(18(15)21-12-20-17)14-9-5-2-6-10-14/h1-12H,19H2,(H,20,21,22). The van der Waals surface area contributed by atoms with Crippen LogP contribution in [-0.2, 0) is 0 Å². The van der Waals surface area contributed by atoms with Crippen LogP contribution < -0.4 is 11.3 Å². The molecule has 0 aliphatic carbocycles. The normalized spacial score (nSPS) is 10.8. The van der Waals surface area contributed by atoms with E-state index in [1.54, 1.807) is 0 Å². The zero-order valence-electron chi connectivity index (χ0n) is 12.3. The third kappa shape index (κ3) is 2.23. The molecule has 0 aliphatic heterocycles. The topological polar surface area (TPSA) is 68.8 Å². The Morgan fingerprint density at radius 1 is 0.870 bits per heavy atom. The molecule has 0 spiro atoms. The first kappa shape index (κ1) is 13.5. The van der Waals surface area contributed by atoms with Crippen molar-refractivity contribution in [2.45, 2.75) is 0 Å². The smallest absolute Gasteiger partial charge is 0.152 e. The summed E-state index contributed by atoms with van der Waals surface area (Å²) in [7, 11) is 0. The van der Waals surface area contributed by atoms with Gasteiger partial charge in [-0.3, -0.25) is 4.57 Å². The Bertz CT molecular complexity index is 945. The second kappa shape index (κ2) is 5.55. The van der Waals surface area contributed by atoms with Gasteiger partial charge in [-0.15, -0.1) is 0 Å². The van der Waals surface area contributed by atoms with E-state index in [9.17, 15) is 0 Å². The fourth-order valence-electron chi connectivity index (χ4n) is 2.79. The molecule has 112 valence electrons. The summed E-state index contributed by atoms with van der Waals surface area (Å²) in [6.07, 6.45) is 1.52. The van der Waals surface area contributed by atoms with Gasteiger partial charge < -0.3 is 5.43 Å². The van der Waals surface area contributed by atoms with E-state index in [0.717, 1.165) is 28.0 Å². The van der Waals surface area contributed by atoms with Gasteiger partial charge >= 0.3 is 0 Å². The lowest BCUT2D eigenvalue weighted by atomic mass is 10.1. The number of anilines is 1. The van der Waals surface area contributed by atoms with Crippen molar-refractivity contribution >= 4 is 16.9 Å². The molecule has 0 saturated heterocycles. The van der Waals surface area contributed by atoms with Crippen molar-refractivity contribution in [1.29, 1.82) is 0 Å². The number of aromatic nitrogens is 3. The SMILES string of the molecule is NNc1ncnc2c1cc(-c1ccccc1)n2-c1ccccc1. The number of nitrogens with one attached hydrogen (secondary N) is 1. The molecule has 0 atom stereocenters. The maximum Gasteiger partial charge on any atom is 0.152 e. The number of para-hydroxylation sites is 1. The Labute approximate surface area is 133 Å². The number of rotatable bonds is 3. The van der Waals surface area contributed by atoms with Gasteiger partial charge in [0.25, 0.3) is 0 Å². The average molecular weight is 301 g/mol. The second-order valence-corrected chi connectivity index (χ2v) is 5.17. The minimum atomic E-state index is 0.613. The van der Waals surface area contributed by atoms with Crippen LogP contribution in [0, 0.1) is 0 Å². The molecule has 0 unspecified atom stereocenters. The van der Waals surface area contributed by atoms with Crippen LogP contribution in [0.25, 0.3) is 28.0 Å². The van der Waals surface area contributed by atoms with Crippen molar-refractivity contribution in [1.82, 2.24) is 14.5 Å². The zero-order chi connectivity index (χ0) is 15.6. The van der Waals surface area contributed by atoms with Gasteiger partial charge in [0.15, 0.2) is 11.5 Å². The van der Waals surface area contributed by atoms with Crippen molar-refractivity contribution in [2.75, 3.05) is 5.43 Å². The summed E-state index contributed by atoms with van der Waals surface area (Å²) in [5.41, 5.74) is 6.66. The van der Waals surface area contributed by atoms with Crippen LogP contribution in [0.2, 0.25) is 0 Å². The van der Waals surface area contributed by atoms with Crippen LogP contribution in [0.1, 0.15) is 0 Å². The first-order chi connectivity index (χ1) is 11.4. The summed E-state index contributed by atoms with van der Waals surface area (Å²) >= 11 is 0. The lowest BCUT2D eigenvalue weighted by Crippen LogP contribution is -2.09. The minimum Gasteiger partial charge on any atom is -0.308 e. The molecule has 2 heterocycles. The Morgan fingerprint density at radius 3 is 2.26 bits per heavy atom. The van der Waals surface area contributed by atoms with Gasteiger partial charge in [0, 0.05) is 5.69 Å². The highest BCUT2D eigenvalue weighted by atomic mass is 15.3. The summed E-state index contributed by atoms with van der Waals surface area (Å²) in [5, 5.41) is 0.887. The molecule has 0 aliphatic rings. The van der Waals surface area contributed by atoms with Gasteiger partial charge in [-0.25, -0.2) is 15.8 Å². The van der Waals surface area contributed by atoms with Crippen molar-refractivity contribution in [3.8, 4) is 16.9 Å². The van der Waals surface area contributed by atoms with E-state index in [-0.39, 0.29) is 0 Å². The van der Waals surface area contributed by atoms with Crippen molar-refractivity contribution < 1.29 is 0 Å². The molecule has 0 bridgehead atoms. The van der Waals surface area contributed by atoms with Crippen LogP contribution in [-0.4, -0.2) is 14.5 Å². The van der Waals surface area contributed by atoms with Gasteiger partial charge in [0.05, 0.1) is 11.1 Å². The molecule has 3 N–H and O–H groups in total. The van der Waals surface area contributed by atoms with Gasteiger partial charge in [-0.05, 0) is 23.8 Å². The minimum absolute atomic E-state index is 0.613. The fourth-order valence-corrected chi connectivity index (χ4v) is 2.79. The number of fused-ring (bicyclic) bond motifs is 1. The van der Waals surface area contributed by atoms with Gasteiger partial charge in [-0.2, -0.15) is 0 Å². The molecule has 0 amide bonds. The number of nitrogens with two attached hydrogens (primary N) is 1. The molecule has 4 aromatic rings. The van der Waals surface area contributed by atoms with E-state index in [2.05, 4.69) is 50.3 Å². The molecule has 0 fully saturated rings. The lowest BCUT2D eigenvalue weighted by Gasteiger charge is -2.10. The van der Waals surface area contributed by atoms with Crippen molar-refractivity contribution in [3.63, 3.8) is 0 Å². The quantitative estimate of drug-likeness (QED) is 0.449. The molecule has 23 heavy (non-hydrogen) atoms. The predicted molar refractivity (Wildman–Crippen MR) is 92.1 cm³/mol. The van der Waals surface area contributed by atoms with Gasteiger partial charge in [-0.1, -0.05) is 48.5 Å². The third-order valence-corrected chi connectivity index (χ3v) is 3.82. The average Bonchev–Trinajstić information content (AvgIpc) is 3.02. The van der Waals surface area contributed by atoms with E-state index in [4.69, 9.17) is 5.84 Å². The van der Waals surface area contributed by atoms with E-state index in [0.29, 0.717) is 5.82 Å². The number of hydrazine groups is 1. The molecule has 0 saturated carbocycles. The monoisotopic (exact) mass is 301 g/mol. The number of nitrogen functional groups attached to an aromatic ring is 1.